The molecule has 2 aromatic carbocycles. The van der Waals surface area contributed by atoms with E-state index in [9.17, 15) is 63.3 Å². The van der Waals surface area contributed by atoms with Gasteiger partial charge in [0.2, 0.25) is 59.1 Å². The van der Waals surface area contributed by atoms with Crippen molar-refractivity contribution < 1.29 is 63.3 Å². The average Bonchev–Trinajstić information content (AvgIpc) is 3.31. The number of carbonyl (C=O) groups excluding carboxylic acids is 10. The number of carbonyl (C=O) groups is 10. The molecule has 0 saturated heterocycles. The highest BCUT2D eigenvalue weighted by Crippen LogP contribution is 2.15. The van der Waals surface area contributed by atoms with Crippen LogP contribution in [0.25, 0.3) is 0 Å². The molecule has 2 aromatic rings. The normalized spacial score (nSPS) is 14.3. The topological polar surface area (TPSA) is 484 Å². The number of nitrogens with two attached hydrogens (primary N) is 6. The second-order valence-electron chi connectivity index (χ2n) is 18.3. The Morgan fingerprint density at radius 3 is 1.47 bits per heavy atom. The van der Waals surface area contributed by atoms with Crippen molar-refractivity contribution in [3.8, 4) is 11.5 Å². The van der Waals surface area contributed by atoms with Gasteiger partial charge in [-0.1, -0.05) is 52.0 Å². The van der Waals surface area contributed by atoms with Crippen molar-refractivity contribution in [2.24, 2.45) is 51.2 Å². The van der Waals surface area contributed by atoms with Crippen LogP contribution in [0.5, 0.6) is 11.5 Å². The van der Waals surface area contributed by atoms with Gasteiger partial charge in [-0.15, -0.1) is 0 Å². The van der Waals surface area contributed by atoms with Crippen LogP contribution in [0.3, 0.4) is 0 Å². The van der Waals surface area contributed by atoms with E-state index in [4.69, 9.17) is 34.4 Å². The Hall–Kier alpha value is -8.07. The van der Waals surface area contributed by atoms with E-state index >= 15 is 0 Å². The molecule has 0 unspecified atom stereocenters. The number of amides is 10. The van der Waals surface area contributed by atoms with Crippen LogP contribution in [0.15, 0.2) is 53.5 Å². The molecule has 74 heavy (non-hydrogen) atoms. The summed E-state index contributed by atoms with van der Waals surface area (Å²) in [6, 6.07) is -0.195. The summed E-state index contributed by atoms with van der Waals surface area (Å²) >= 11 is 0. The summed E-state index contributed by atoms with van der Waals surface area (Å²) in [6.07, 6.45) is -1.82. The number of benzene rings is 2. The molecule has 0 spiro atoms. The standard InChI is InChI=1S/C47H72N14O13/c1-23(2)18-32(58-45(73)34(21-37(50)66)57-40(68)29(48)19-25-7-11-27(63)12-8-25)43(71)59-33(20-26-9-13-28(64)14-10-26)44(72)55-30(6-5-17-54-47(52)53)42(70)61-38(24(3)4)46(74)56-31(15-16-36(49)65)41(69)60-35(22-62)39(51)67/h7-14,23-24,29-35,38,62-64H,5-6,15-22,48H2,1-4H3,(H2,49,65)(H2,50,66)(H2,51,67)(H,55,72)(H,56,74)(H,57,68)(H,58,73)(H,59,71)(H,60,69)(H,61,70)(H4,52,53,54)/t29-,30-,31-,32-,33-,34-,35-,38-/m0/s1. The predicted octanol–water partition coefficient (Wildman–Crippen LogP) is -5.02. The van der Waals surface area contributed by atoms with Crippen molar-refractivity contribution in [3.05, 3.63) is 59.7 Å². The first-order valence-corrected chi connectivity index (χ1v) is 23.7. The smallest absolute Gasteiger partial charge is 0.243 e. The van der Waals surface area contributed by atoms with Crippen LogP contribution in [0.4, 0.5) is 0 Å². The molecule has 22 N–H and O–H groups in total. The minimum absolute atomic E-state index is 0.0131. The Morgan fingerprint density at radius 1 is 0.527 bits per heavy atom. The molecule has 8 atom stereocenters. The van der Waals surface area contributed by atoms with Crippen LogP contribution in [0.1, 0.15) is 77.3 Å². The average molecular weight is 1040 g/mol. The molecule has 0 saturated carbocycles. The zero-order chi connectivity index (χ0) is 55.8. The Kier molecular flexibility index (Phi) is 25.8. The van der Waals surface area contributed by atoms with Gasteiger partial charge in [0.25, 0.3) is 0 Å². The van der Waals surface area contributed by atoms with E-state index in [1.165, 1.54) is 36.4 Å². The van der Waals surface area contributed by atoms with Gasteiger partial charge in [-0.2, -0.15) is 0 Å². The van der Waals surface area contributed by atoms with E-state index in [1.807, 2.05) is 0 Å². The molecule has 408 valence electrons. The van der Waals surface area contributed by atoms with Crippen molar-refractivity contribution in [1.82, 2.24) is 37.2 Å². The van der Waals surface area contributed by atoms with Gasteiger partial charge in [-0.3, -0.25) is 52.9 Å². The van der Waals surface area contributed by atoms with Gasteiger partial charge < -0.3 is 86.9 Å². The number of nitrogens with zero attached hydrogens (tertiary/aromatic N) is 1. The quantitative estimate of drug-likeness (QED) is 0.0185. The number of aliphatic imine (C=N–C) groups is 1. The first-order valence-electron chi connectivity index (χ1n) is 23.7. The van der Waals surface area contributed by atoms with Crippen molar-refractivity contribution in [3.63, 3.8) is 0 Å². The molecule has 0 bridgehead atoms. The van der Waals surface area contributed by atoms with E-state index in [1.54, 1.807) is 39.8 Å². The number of aromatic hydroxyl groups is 2. The number of nitrogens with one attached hydrogen (secondary N) is 7. The number of hydrogen-bond donors (Lipinski definition) is 16. The van der Waals surface area contributed by atoms with Crippen LogP contribution < -0.4 is 71.6 Å². The summed E-state index contributed by atoms with van der Waals surface area (Å²) in [5.41, 5.74) is 34.1. The largest absolute Gasteiger partial charge is 0.508 e. The lowest BCUT2D eigenvalue weighted by atomic mass is 9.99. The van der Waals surface area contributed by atoms with Crippen molar-refractivity contribution in [2.45, 2.75) is 127 Å². The number of phenolic OH excluding ortho intramolecular Hbond substituents is 2. The van der Waals surface area contributed by atoms with Crippen LogP contribution in [-0.4, -0.2) is 142 Å². The maximum atomic E-state index is 14.5. The van der Waals surface area contributed by atoms with Crippen LogP contribution in [-0.2, 0) is 60.8 Å². The molecule has 0 heterocycles. The van der Waals surface area contributed by atoms with Gasteiger partial charge in [-0.05, 0) is 79.3 Å². The molecule has 0 fully saturated rings. The summed E-state index contributed by atoms with van der Waals surface area (Å²) in [5.74, 6) is -10.8. The van der Waals surface area contributed by atoms with Crippen LogP contribution in [0, 0.1) is 11.8 Å². The molecule has 0 aromatic heterocycles. The highest BCUT2D eigenvalue weighted by molar-refractivity contribution is 5.98. The summed E-state index contributed by atoms with van der Waals surface area (Å²) in [6.45, 7) is 5.69. The second kappa shape index (κ2) is 30.7. The lowest BCUT2D eigenvalue weighted by molar-refractivity contribution is -0.136. The zero-order valence-electron chi connectivity index (χ0n) is 41.8. The van der Waals surface area contributed by atoms with E-state index < -0.39 is 133 Å². The monoisotopic (exact) mass is 1040 g/mol. The van der Waals surface area contributed by atoms with Gasteiger partial charge in [-0.25, -0.2) is 0 Å². The van der Waals surface area contributed by atoms with E-state index in [0.29, 0.717) is 11.1 Å². The summed E-state index contributed by atoms with van der Waals surface area (Å²) in [5, 5.41) is 46.5. The first-order chi connectivity index (χ1) is 34.7. The third-order valence-corrected chi connectivity index (χ3v) is 11.1. The highest BCUT2D eigenvalue weighted by atomic mass is 16.3. The third-order valence-electron chi connectivity index (χ3n) is 11.1. The number of hydrogen-bond acceptors (Lipinski definition) is 15. The molecule has 0 aliphatic rings. The van der Waals surface area contributed by atoms with Crippen molar-refractivity contribution >= 4 is 65.0 Å². The van der Waals surface area contributed by atoms with E-state index in [-0.39, 0.29) is 68.4 Å². The number of primary amides is 3. The second-order valence-corrected chi connectivity index (χ2v) is 18.3. The van der Waals surface area contributed by atoms with Crippen molar-refractivity contribution in [2.75, 3.05) is 13.2 Å². The minimum atomic E-state index is -1.60. The lowest BCUT2D eigenvalue weighted by Gasteiger charge is -2.29. The fraction of sp³-hybridized carbons (Fsp3) is 0.511. The molecule has 2 rings (SSSR count). The van der Waals surface area contributed by atoms with Crippen LogP contribution >= 0.6 is 0 Å². The molecule has 27 nitrogen and oxygen atoms in total. The Bertz CT molecular complexity index is 2290. The fourth-order valence-electron chi connectivity index (χ4n) is 7.12. The molecule has 10 amide bonds. The summed E-state index contributed by atoms with van der Waals surface area (Å²) in [7, 11) is 0. The molecular formula is C47H72N14O13. The molecular weight excluding hydrogens is 969 g/mol. The first kappa shape index (κ1) is 62.0. The molecule has 0 radical (unpaired) electrons. The SMILES string of the molecule is CC(C)C[C@H](NC(=O)[C@H](CC(N)=O)NC(=O)[C@@H](N)Cc1ccc(O)cc1)C(=O)N[C@@H](Cc1ccc(O)cc1)C(=O)N[C@@H](CCCN=C(N)N)C(=O)N[C@H](C(=O)N[C@@H](CCC(N)=O)C(=O)N[C@@H](CO)C(N)=O)C(C)C. The van der Waals surface area contributed by atoms with E-state index in [2.05, 4.69) is 42.2 Å². The van der Waals surface area contributed by atoms with Gasteiger partial charge in [0.1, 0.15) is 53.8 Å². The van der Waals surface area contributed by atoms with Crippen molar-refractivity contribution in [1.29, 1.82) is 0 Å². The molecule has 27 heteroatoms. The summed E-state index contributed by atoms with van der Waals surface area (Å²) in [4.78, 5) is 136. The lowest BCUT2D eigenvalue weighted by Crippen LogP contribution is -2.61. The maximum absolute atomic E-state index is 14.5. The number of rotatable bonds is 32. The molecule has 0 aliphatic carbocycles. The fourth-order valence-corrected chi connectivity index (χ4v) is 7.12. The number of phenols is 2. The highest BCUT2D eigenvalue weighted by Gasteiger charge is 2.36. The van der Waals surface area contributed by atoms with Crippen LogP contribution in [0.2, 0.25) is 0 Å². The van der Waals surface area contributed by atoms with Gasteiger partial charge in [0.05, 0.1) is 19.1 Å². The number of guanidine groups is 1. The third kappa shape index (κ3) is 22.6. The predicted molar refractivity (Wildman–Crippen MR) is 268 cm³/mol. The van der Waals surface area contributed by atoms with Gasteiger partial charge in [0, 0.05) is 19.4 Å². The Morgan fingerprint density at radius 2 is 0.973 bits per heavy atom. The number of aliphatic hydroxyl groups excluding tert-OH is 1. The summed E-state index contributed by atoms with van der Waals surface area (Å²) < 4.78 is 0. The molecule has 0 aliphatic heterocycles. The van der Waals surface area contributed by atoms with E-state index in [0.717, 1.165) is 0 Å². The van der Waals surface area contributed by atoms with Gasteiger partial charge in [0.15, 0.2) is 5.96 Å². The minimum Gasteiger partial charge on any atom is -0.508 e. The maximum Gasteiger partial charge on any atom is 0.243 e. The Labute approximate surface area is 427 Å². The van der Waals surface area contributed by atoms with Gasteiger partial charge >= 0.3 is 0 Å². The zero-order valence-corrected chi connectivity index (χ0v) is 41.8. The number of aliphatic hydroxyl groups is 1. The Balaban J connectivity index is 2.50.